The van der Waals surface area contributed by atoms with Crippen LogP contribution in [0.15, 0.2) is 53.4 Å². The topological polar surface area (TPSA) is 102 Å². The van der Waals surface area contributed by atoms with Crippen molar-refractivity contribution < 1.29 is 27.5 Å². The Kier molecular flexibility index (Phi) is 5.84. The number of benzene rings is 2. The van der Waals surface area contributed by atoms with E-state index >= 15 is 0 Å². The number of carbonyl (C=O) groups excluding carboxylic acids is 2. The maximum atomic E-state index is 12.6. The molecule has 0 aliphatic carbocycles. The van der Waals surface area contributed by atoms with Gasteiger partial charge in [0.2, 0.25) is 5.91 Å². The van der Waals surface area contributed by atoms with Crippen LogP contribution in [0.2, 0.25) is 0 Å². The fourth-order valence-corrected chi connectivity index (χ4v) is 3.82. The van der Waals surface area contributed by atoms with Crippen LogP contribution in [0, 0.1) is 0 Å². The second-order valence-electron chi connectivity index (χ2n) is 6.14. The van der Waals surface area contributed by atoms with Gasteiger partial charge in [-0.25, -0.2) is 13.2 Å². The average Bonchev–Trinajstić information content (AvgIpc) is 3.13. The van der Waals surface area contributed by atoms with Crippen molar-refractivity contribution in [2.24, 2.45) is 0 Å². The lowest BCUT2D eigenvalue weighted by Gasteiger charge is -2.16. The Balaban J connectivity index is 1.66. The lowest BCUT2D eigenvalue weighted by atomic mass is 10.3. The zero-order chi connectivity index (χ0) is 20.1. The first-order valence-corrected chi connectivity index (χ1v) is 10.1. The zero-order valence-electron chi connectivity index (χ0n) is 15.3. The van der Waals surface area contributed by atoms with E-state index in [0.29, 0.717) is 30.1 Å². The summed E-state index contributed by atoms with van der Waals surface area (Å²) >= 11 is 0. The van der Waals surface area contributed by atoms with Gasteiger partial charge in [-0.05, 0) is 55.0 Å². The first-order chi connectivity index (χ1) is 13.4. The summed E-state index contributed by atoms with van der Waals surface area (Å²) in [5, 5.41) is 0. The molecule has 1 aliphatic rings. The molecule has 3 rings (SSSR count). The number of anilines is 2. The quantitative estimate of drug-likeness (QED) is 0.710. The Labute approximate surface area is 163 Å². The first kappa shape index (κ1) is 19.7. The van der Waals surface area contributed by atoms with E-state index in [0.717, 1.165) is 6.42 Å². The summed E-state index contributed by atoms with van der Waals surface area (Å²) in [6.07, 6.45) is 1.32. The molecule has 0 spiro atoms. The molecule has 0 unspecified atom stereocenters. The highest BCUT2D eigenvalue weighted by Gasteiger charge is 2.22. The molecule has 2 aromatic carbocycles. The molecule has 1 fully saturated rings. The van der Waals surface area contributed by atoms with Crippen molar-refractivity contribution in [3.05, 3.63) is 48.5 Å². The molecular formula is C19H20N2O6S. The smallest absolute Gasteiger partial charge is 0.343 e. The largest absolute Gasteiger partial charge is 0.482 e. The van der Waals surface area contributed by atoms with E-state index < -0.39 is 16.0 Å². The molecule has 28 heavy (non-hydrogen) atoms. The highest BCUT2D eigenvalue weighted by Crippen LogP contribution is 2.24. The minimum Gasteiger partial charge on any atom is -0.482 e. The Bertz CT molecular complexity index is 955. The van der Waals surface area contributed by atoms with Crippen LogP contribution < -0.4 is 14.4 Å². The SMILES string of the molecule is COC(=O)COc1ccc(NS(=O)(=O)c2ccc(N3CCCC3=O)cc2)cc1. The highest BCUT2D eigenvalue weighted by atomic mass is 32.2. The minimum atomic E-state index is -3.78. The summed E-state index contributed by atoms with van der Waals surface area (Å²) in [6, 6.07) is 12.3. The van der Waals surface area contributed by atoms with Gasteiger partial charge in [0.15, 0.2) is 6.61 Å². The van der Waals surface area contributed by atoms with Crippen LogP contribution in [-0.4, -0.2) is 40.6 Å². The van der Waals surface area contributed by atoms with Gasteiger partial charge in [0.05, 0.1) is 12.0 Å². The molecule has 0 saturated carbocycles. The summed E-state index contributed by atoms with van der Waals surface area (Å²) in [5.41, 5.74) is 1.04. The van der Waals surface area contributed by atoms with E-state index in [4.69, 9.17) is 4.74 Å². The lowest BCUT2D eigenvalue weighted by Crippen LogP contribution is -2.23. The van der Waals surface area contributed by atoms with Crippen molar-refractivity contribution >= 4 is 33.3 Å². The van der Waals surface area contributed by atoms with Crippen LogP contribution in [-0.2, 0) is 24.3 Å². The second-order valence-corrected chi connectivity index (χ2v) is 7.82. The molecule has 0 aromatic heterocycles. The number of amides is 1. The predicted molar refractivity (Wildman–Crippen MR) is 103 cm³/mol. The van der Waals surface area contributed by atoms with Gasteiger partial charge in [-0.2, -0.15) is 0 Å². The third kappa shape index (κ3) is 4.61. The third-order valence-electron chi connectivity index (χ3n) is 4.22. The van der Waals surface area contributed by atoms with Gasteiger partial charge in [-0.3, -0.25) is 9.52 Å². The fraction of sp³-hybridized carbons (Fsp3) is 0.263. The number of nitrogens with one attached hydrogen (secondary N) is 1. The van der Waals surface area contributed by atoms with Crippen molar-refractivity contribution in [2.75, 3.05) is 29.9 Å². The molecule has 0 radical (unpaired) electrons. The van der Waals surface area contributed by atoms with Crippen LogP contribution in [0.3, 0.4) is 0 Å². The summed E-state index contributed by atoms with van der Waals surface area (Å²) in [5.74, 6) is -0.0555. The van der Waals surface area contributed by atoms with Gasteiger partial charge in [-0.15, -0.1) is 0 Å². The molecular weight excluding hydrogens is 384 g/mol. The molecule has 1 heterocycles. The minimum absolute atomic E-state index is 0.0447. The van der Waals surface area contributed by atoms with Gasteiger partial charge in [0.25, 0.3) is 10.0 Å². The molecule has 2 aromatic rings. The maximum Gasteiger partial charge on any atom is 0.343 e. The molecule has 1 N–H and O–H groups in total. The number of methoxy groups -OCH3 is 1. The molecule has 1 amide bonds. The van der Waals surface area contributed by atoms with Gasteiger partial charge in [0.1, 0.15) is 5.75 Å². The van der Waals surface area contributed by atoms with Crippen molar-refractivity contribution in [3.8, 4) is 5.75 Å². The Morgan fingerprint density at radius 3 is 2.36 bits per heavy atom. The molecule has 9 heteroatoms. The standard InChI is InChI=1S/C19H20N2O6S/c1-26-19(23)13-27-16-8-4-14(5-9-16)20-28(24,25)17-10-6-15(7-11-17)21-12-2-3-18(21)22/h4-11,20H,2-3,12-13H2,1H3. The van der Waals surface area contributed by atoms with Crippen molar-refractivity contribution in [1.82, 2.24) is 0 Å². The van der Waals surface area contributed by atoms with Crippen LogP contribution in [0.4, 0.5) is 11.4 Å². The van der Waals surface area contributed by atoms with Gasteiger partial charge < -0.3 is 14.4 Å². The zero-order valence-corrected chi connectivity index (χ0v) is 16.1. The lowest BCUT2D eigenvalue weighted by molar-refractivity contribution is -0.142. The number of sulfonamides is 1. The van der Waals surface area contributed by atoms with E-state index in [1.54, 1.807) is 29.2 Å². The van der Waals surface area contributed by atoms with Crippen LogP contribution in [0.1, 0.15) is 12.8 Å². The first-order valence-electron chi connectivity index (χ1n) is 8.62. The number of hydrogen-bond acceptors (Lipinski definition) is 6. The van der Waals surface area contributed by atoms with Gasteiger partial charge in [0, 0.05) is 24.3 Å². The van der Waals surface area contributed by atoms with E-state index in [9.17, 15) is 18.0 Å². The summed E-state index contributed by atoms with van der Waals surface area (Å²) in [4.78, 5) is 24.6. The number of carbonyl (C=O) groups is 2. The Morgan fingerprint density at radius 2 is 1.79 bits per heavy atom. The highest BCUT2D eigenvalue weighted by molar-refractivity contribution is 7.92. The number of ether oxygens (including phenoxy) is 2. The predicted octanol–water partition coefficient (Wildman–Crippen LogP) is 2.17. The Hall–Kier alpha value is -3.07. The Morgan fingerprint density at radius 1 is 1.11 bits per heavy atom. The maximum absolute atomic E-state index is 12.6. The average molecular weight is 404 g/mol. The van der Waals surface area contributed by atoms with Crippen molar-refractivity contribution in [3.63, 3.8) is 0 Å². The number of esters is 1. The van der Waals surface area contributed by atoms with Crippen LogP contribution in [0.25, 0.3) is 0 Å². The summed E-state index contributed by atoms with van der Waals surface area (Å²) in [6.45, 7) is 0.418. The van der Waals surface area contributed by atoms with E-state index in [1.165, 1.54) is 31.4 Å². The van der Waals surface area contributed by atoms with Gasteiger partial charge in [-0.1, -0.05) is 0 Å². The second kappa shape index (κ2) is 8.30. The van der Waals surface area contributed by atoms with E-state index in [2.05, 4.69) is 9.46 Å². The number of nitrogens with zero attached hydrogens (tertiary/aromatic N) is 1. The van der Waals surface area contributed by atoms with Gasteiger partial charge >= 0.3 is 5.97 Å². The van der Waals surface area contributed by atoms with Crippen LogP contribution in [0.5, 0.6) is 5.75 Å². The number of hydrogen-bond donors (Lipinski definition) is 1. The molecule has 148 valence electrons. The third-order valence-corrected chi connectivity index (χ3v) is 5.62. The monoisotopic (exact) mass is 404 g/mol. The normalized spacial score (nSPS) is 14.0. The van der Waals surface area contributed by atoms with Crippen molar-refractivity contribution in [1.29, 1.82) is 0 Å². The van der Waals surface area contributed by atoms with E-state index in [1.807, 2.05) is 0 Å². The number of rotatable bonds is 7. The molecule has 0 bridgehead atoms. The van der Waals surface area contributed by atoms with Crippen molar-refractivity contribution in [2.45, 2.75) is 17.7 Å². The molecule has 8 nitrogen and oxygen atoms in total. The molecule has 1 saturated heterocycles. The summed E-state index contributed by atoms with van der Waals surface area (Å²) in [7, 11) is -2.52. The van der Waals surface area contributed by atoms with E-state index in [-0.39, 0.29) is 17.4 Å². The molecule has 1 aliphatic heterocycles. The fourth-order valence-electron chi connectivity index (χ4n) is 2.76. The van der Waals surface area contributed by atoms with Crippen LogP contribution >= 0.6 is 0 Å². The summed E-state index contributed by atoms with van der Waals surface area (Å²) < 4.78 is 37.3. The molecule has 0 atom stereocenters.